The van der Waals surface area contributed by atoms with E-state index in [4.69, 9.17) is 10.5 Å². The molecule has 36 heavy (non-hydrogen) atoms. The molecule has 194 valence electrons. The number of nitrogens with two attached hydrogens (primary N) is 1. The van der Waals surface area contributed by atoms with E-state index in [0.717, 1.165) is 25.7 Å². The van der Waals surface area contributed by atoms with Gasteiger partial charge in [-0.05, 0) is 35.8 Å². The fraction of sp³-hybridized carbons (Fsp3) is 0.593. The minimum absolute atomic E-state index is 0.00771. The van der Waals surface area contributed by atoms with Gasteiger partial charge in [-0.25, -0.2) is 0 Å². The Morgan fingerprint density at radius 3 is 2.53 bits per heavy atom. The Bertz CT molecular complexity index is 1110. The number of hydrogen-bond acceptors (Lipinski definition) is 8. The van der Waals surface area contributed by atoms with Gasteiger partial charge in [0.05, 0.1) is 18.1 Å². The molecule has 0 bridgehead atoms. The van der Waals surface area contributed by atoms with E-state index in [9.17, 15) is 34.2 Å². The highest BCUT2D eigenvalue weighted by Crippen LogP contribution is 2.56. The van der Waals surface area contributed by atoms with Crippen molar-refractivity contribution in [2.75, 3.05) is 13.2 Å². The first-order chi connectivity index (χ1) is 17.1. The molecule has 2 unspecified atom stereocenters. The van der Waals surface area contributed by atoms with Crippen molar-refractivity contribution in [3.8, 4) is 5.75 Å². The Morgan fingerprint density at radius 2 is 1.86 bits per heavy atom. The number of ketones is 4. The monoisotopic (exact) mass is 499 g/mol. The molecule has 0 aliphatic heterocycles. The van der Waals surface area contributed by atoms with Crippen LogP contribution >= 0.6 is 0 Å². The van der Waals surface area contributed by atoms with Gasteiger partial charge in [0.1, 0.15) is 5.75 Å². The van der Waals surface area contributed by atoms with Crippen LogP contribution in [0.3, 0.4) is 0 Å². The van der Waals surface area contributed by atoms with Gasteiger partial charge in [0.2, 0.25) is 5.91 Å². The number of phenolic OH excluding ortho intramolecular Hbond substituents is 1. The average molecular weight is 500 g/mol. The van der Waals surface area contributed by atoms with Gasteiger partial charge in [-0.1, -0.05) is 45.2 Å². The van der Waals surface area contributed by atoms with E-state index < -0.39 is 76.6 Å². The first-order valence-electron chi connectivity index (χ1n) is 12.6. The highest BCUT2D eigenvalue weighted by atomic mass is 16.5. The SMILES string of the molecule is CCCCCCOC[C@H]1[C@H]2C(C(=O)c3c(O)cccc3[C@@H]2C)C(=O)[C@]2(O)C(=O)C(C(N)=O)C(=O)C[C@H]12. The molecule has 3 aliphatic rings. The van der Waals surface area contributed by atoms with Gasteiger partial charge < -0.3 is 20.7 Å². The molecule has 4 N–H and O–H groups in total. The molecule has 0 saturated heterocycles. The van der Waals surface area contributed by atoms with Gasteiger partial charge in [0.15, 0.2) is 34.7 Å². The normalized spacial score (nSPS) is 33.6. The van der Waals surface area contributed by atoms with Crippen molar-refractivity contribution in [2.24, 2.45) is 35.3 Å². The van der Waals surface area contributed by atoms with Gasteiger partial charge in [-0.15, -0.1) is 0 Å². The molecule has 0 spiro atoms. The summed E-state index contributed by atoms with van der Waals surface area (Å²) in [4.78, 5) is 65.5. The van der Waals surface area contributed by atoms with Crippen LogP contribution in [0, 0.1) is 29.6 Å². The number of aliphatic hydroxyl groups is 1. The quantitative estimate of drug-likeness (QED) is 0.360. The third-order valence-corrected chi connectivity index (χ3v) is 8.38. The molecular formula is C27H33NO8. The first kappa shape index (κ1) is 26.2. The van der Waals surface area contributed by atoms with Crippen molar-refractivity contribution in [1.82, 2.24) is 0 Å². The fourth-order valence-electron chi connectivity index (χ4n) is 6.61. The summed E-state index contributed by atoms with van der Waals surface area (Å²) in [5, 5.41) is 22.1. The number of fused-ring (bicyclic) bond motifs is 3. The molecule has 7 atom stereocenters. The van der Waals surface area contributed by atoms with Crippen LogP contribution < -0.4 is 5.73 Å². The van der Waals surface area contributed by atoms with Gasteiger partial charge in [0.25, 0.3) is 0 Å². The number of hydrogen-bond donors (Lipinski definition) is 3. The van der Waals surface area contributed by atoms with Crippen molar-refractivity contribution in [3.63, 3.8) is 0 Å². The van der Waals surface area contributed by atoms with Crippen LogP contribution in [0.4, 0.5) is 0 Å². The molecule has 3 aliphatic carbocycles. The van der Waals surface area contributed by atoms with E-state index in [2.05, 4.69) is 6.92 Å². The van der Waals surface area contributed by atoms with Gasteiger partial charge >= 0.3 is 0 Å². The predicted molar refractivity (Wildman–Crippen MR) is 127 cm³/mol. The molecule has 0 heterocycles. The number of carbonyl (C=O) groups is 5. The summed E-state index contributed by atoms with van der Waals surface area (Å²) in [5.41, 5.74) is 3.12. The zero-order valence-corrected chi connectivity index (χ0v) is 20.6. The molecular weight excluding hydrogens is 466 g/mol. The third-order valence-electron chi connectivity index (χ3n) is 8.38. The molecule has 1 aromatic carbocycles. The number of primary amides is 1. The average Bonchev–Trinajstić information content (AvgIpc) is 2.82. The molecule has 1 amide bonds. The lowest BCUT2D eigenvalue weighted by molar-refractivity contribution is -0.185. The zero-order valence-electron chi connectivity index (χ0n) is 20.6. The Balaban J connectivity index is 1.78. The first-order valence-corrected chi connectivity index (χ1v) is 12.6. The number of Topliss-reactive ketones (excluding diaryl/α,β-unsaturated/α-hetero) is 4. The summed E-state index contributed by atoms with van der Waals surface area (Å²) in [6, 6.07) is 4.67. The van der Waals surface area contributed by atoms with E-state index in [1.165, 1.54) is 6.07 Å². The number of rotatable bonds is 8. The summed E-state index contributed by atoms with van der Waals surface area (Å²) in [5.74, 6) is -11.5. The highest BCUT2D eigenvalue weighted by Gasteiger charge is 2.69. The number of amides is 1. The Kier molecular flexibility index (Phi) is 7.16. The van der Waals surface area contributed by atoms with E-state index in [1.54, 1.807) is 12.1 Å². The van der Waals surface area contributed by atoms with E-state index in [1.807, 2.05) is 6.92 Å². The molecule has 0 aromatic heterocycles. The number of benzene rings is 1. The molecule has 0 radical (unpaired) electrons. The maximum absolute atomic E-state index is 13.8. The van der Waals surface area contributed by atoms with Crippen LogP contribution in [0.25, 0.3) is 0 Å². The van der Waals surface area contributed by atoms with Gasteiger partial charge in [-0.3, -0.25) is 24.0 Å². The van der Waals surface area contributed by atoms with E-state index in [0.29, 0.717) is 12.2 Å². The predicted octanol–water partition coefficient (Wildman–Crippen LogP) is 1.71. The topological polar surface area (TPSA) is 161 Å². The summed E-state index contributed by atoms with van der Waals surface area (Å²) in [7, 11) is 0. The van der Waals surface area contributed by atoms with Gasteiger partial charge in [-0.2, -0.15) is 0 Å². The third kappa shape index (κ3) is 3.89. The maximum atomic E-state index is 13.8. The van der Waals surface area contributed by atoms with Crippen molar-refractivity contribution >= 4 is 29.0 Å². The smallest absolute Gasteiger partial charge is 0.235 e. The molecule has 4 rings (SSSR count). The van der Waals surface area contributed by atoms with Crippen LogP contribution in [0.2, 0.25) is 0 Å². The fourth-order valence-corrected chi connectivity index (χ4v) is 6.61. The summed E-state index contributed by atoms with van der Waals surface area (Å²) >= 11 is 0. The Morgan fingerprint density at radius 1 is 1.14 bits per heavy atom. The second-order valence-electron chi connectivity index (χ2n) is 10.4. The van der Waals surface area contributed by atoms with Crippen molar-refractivity contribution in [2.45, 2.75) is 57.5 Å². The number of carbonyl (C=O) groups excluding carboxylic acids is 5. The lowest BCUT2D eigenvalue weighted by atomic mass is 9.48. The number of phenols is 1. The minimum Gasteiger partial charge on any atom is -0.507 e. The standard InChI is InChI=1S/C27H33NO8/c1-3-4-5-6-10-36-12-15-16-11-18(30)21(26(28)34)24(32)27(16,35)25(33)22-19(15)13(2)14-8-7-9-17(29)20(14)23(22)31/h7-9,13,15-16,19,21-22,29,35H,3-6,10-12H2,1-2H3,(H2,28,34)/t13-,15+,16+,19-,21?,22?,27+/m0/s1. The molecule has 9 nitrogen and oxygen atoms in total. The minimum atomic E-state index is -2.72. The lowest BCUT2D eigenvalue weighted by Crippen LogP contribution is -2.71. The van der Waals surface area contributed by atoms with Crippen molar-refractivity contribution < 1.29 is 38.9 Å². The van der Waals surface area contributed by atoms with E-state index >= 15 is 0 Å². The molecule has 2 fully saturated rings. The highest BCUT2D eigenvalue weighted by molar-refractivity contribution is 6.31. The second-order valence-corrected chi connectivity index (χ2v) is 10.4. The molecule has 2 saturated carbocycles. The number of unbranched alkanes of at least 4 members (excludes halogenated alkanes) is 3. The Hall–Kier alpha value is -2.91. The lowest BCUT2D eigenvalue weighted by Gasteiger charge is -2.54. The van der Waals surface area contributed by atoms with Crippen LogP contribution in [-0.4, -0.2) is 58.1 Å². The number of aromatic hydroxyl groups is 1. The molecule has 9 heteroatoms. The van der Waals surface area contributed by atoms with Crippen LogP contribution in [0.5, 0.6) is 5.75 Å². The largest absolute Gasteiger partial charge is 0.507 e. The van der Waals surface area contributed by atoms with Gasteiger partial charge in [0, 0.05) is 18.9 Å². The number of ether oxygens (including phenoxy) is 1. The van der Waals surface area contributed by atoms with Crippen LogP contribution in [0.15, 0.2) is 18.2 Å². The summed E-state index contributed by atoms with van der Waals surface area (Å²) in [6.45, 7) is 4.36. The maximum Gasteiger partial charge on any atom is 0.235 e. The van der Waals surface area contributed by atoms with Crippen molar-refractivity contribution in [3.05, 3.63) is 29.3 Å². The second kappa shape index (κ2) is 9.86. The van der Waals surface area contributed by atoms with Crippen LogP contribution in [0.1, 0.15) is 67.8 Å². The van der Waals surface area contributed by atoms with Crippen LogP contribution in [-0.2, 0) is 23.9 Å². The van der Waals surface area contributed by atoms with Crippen molar-refractivity contribution in [1.29, 1.82) is 0 Å². The summed E-state index contributed by atoms with van der Waals surface area (Å²) in [6.07, 6.45) is 3.48. The zero-order chi connectivity index (χ0) is 26.4. The van der Waals surface area contributed by atoms with E-state index in [-0.39, 0.29) is 17.9 Å². The summed E-state index contributed by atoms with van der Waals surface area (Å²) < 4.78 is 5.94. The Labute approximate surface area is 209 Å². The molecule has 1 aromatic rings.